The summed E-state index contributed by atoms with van der Waals surface area (Å²) in [5.74, 6) is 1.42. The highest BCUT2D eigenvalue weighted by Crippen LogP contribution is 2.33. The first-order valence-corrected chi connectivity index (χ1v) is 10.7. The molecule has 0 aromatic heterocycles. The maximum absolute atomic E-state index is 13.9. The van der Waals surface area contributed by atoms with Crippen molar-refractivity contribution in [2.45, 2.75) is 58.9 Å². The summed E-state index contributed by atoms with van der Waals surface area (Å²) in [7, 11) is 3.37. The van der Waals surface area contributed by atoms with E-state index in [-0.39, 0.29) is 5.82 Å². The van der Waals surface area contributed by atoms with Crippen LogP contribution in [-0.2, 0) is 19.4 Å². The van der Waals surface area contributed by atoms with E-state index in [1.54, 1.807) is 26.4 Å². The number of unbranched alkanes of at least 4 members (excludes halogenated alkanes) is 1. The molecule has 3 rings (SSSR count). The number of halogens is 1. The van der Waals surface area contributed by atoms with Crippen LogP contribution in [0.5, 0.6) is 11.5 Å². The molecule has 0 N–H and O–H groups in total. The second kappa shape index (κ2) is 9.91. The lowest BCUT2D eigenvalue weighted by Gasteiger charge is -2.21. The van der Waals surface area contributed by atoms with E-state index < -0.39 is 0 Å². The molecule has 1 heterocycles. The van der Waals surface area contributed by atoms with Gasteiger partial charge in [0.25, 0.3) is 0 Å². The number of methoxy groups -OCH3 is 2. The van der Waals surface area contributed by atoms with E-state index in [0.29, 0.717) is 0 Å². The molecule has 0 aliphatic carbocycles. The topological polar surface area (TPSA) is 21.5 Å². The highest BCUT2D eigenvalue weighted by molar-refractivity contribution is 5.99. The third kappa shape index (κ3) is 4.80. The maximum Gasteiger partial charge on any atom is 0.184 e. The molecule has 0 saturated heterocycles. The predicted octanol–water partition coefficient (Wildman–Crippen LogP) is 5.54. The summed E-state index contributed by atoms with van der Waals surface area (Å²) in [5, 5.41) is 0. The fourth-order valence-electron chi connectivity index (χ4n) is 4.22. The molecular formula is C25H33FNO2+. The van der Waals surface area contributed by atoms with Gasteiger partial charge in [-0.1, -0.05) is 20.3 Å². The van der Waals surface area contributed by atoms with Crippen LogP contribution in [0.15, 0.2) is 30.3 Å². The normalized spacial score (nSPS) is 13.4. The van der Waals surface area contributed by atoms with Crippen molar-refractivity contribution in [1.82, 2.24) is 0 Å². The molecule has 1 aliphatic heterocycles. The first-order chi connectivity index (χ1) is 14.1. The van der Waals surface area contributed by atoms with Gasteiger partial charge in [-0.25, -0.2) is 8.97 Å². The lowest BCUT2D eigenvalue weighted by atomic mass is 9.92. The van der Waals surface area contributed by atoms with Crippen LogP contribution in [0.1, 0.15) is 61.8 Å². The molecule has 4 heteroatoms. The van der Waals surface area contributed by atoms with E-state index in [9.17, 15) is 4.39 Å². The van der Waals surface area contributed by atoms with Gasteiger partial charge < -0.3 is 9.47 Å². The minimum Gasteiger partial charge on any atom is -0.493 e. The Hall–Kier alpha value is -2.36. The Labute approximate surface area is 174 Å². The van der Waals surface area contributed by atoms with Crippen LogP contribution in [0.3, 0.4) is 0 Å². The number of rotatable bonds is 9. The lowest BCUT2D eigenvalue weighted by molar-refractivity contribution is -0.545. The molecule has 0 amide bonds. The second-order valence-corrected chi connectivity index (χ2v) is 7.75. The van der Waals surface area contributed by atoms with Crippen molar-refractivity contribution >= 4 is 5.71 Å². The molecule has 0 bridgehead atoms. The van der Waals surface area contributed by atoms with Gasteiger partial charge in [-0.05, 0) is 60.7 Å². The zero-order chi connectivity index (χ0) is 20.8. The molecule has 0 spiro atoms. The third-order valence-electron chi connectivity index (χ3n) is 5.77. The van der Waals surface area contributed by atoms with Crippen LogP contribution in [-0.4, -0.2) is 31.1 Å². The van der Waals surface area contributed by atoms with Gasteiger partial charge in [0.2, 0.25) is 0 Å². The zero-order valence-electron chi connectivity index (χ0n) is 18.2. The van der Waals surface area contributed by atoms with Crippen molar-refractivity contribution in [3.63, 3.8) is 0 Å². The van der Waals surface area contributed by atoms with Gasteiger partial charge in [0, 0.05) is 24.0 Å². The van der Waals surface area contributed by atoms with Crippen LogP contribution >= 0.6 is 0 Å². The predicted molar refractivity (Wildman–Crippen MR) is 116 cm³/mol. The molecule has 0 saturated carbocycles. The van der Waals surface area contributed by atoms with Gasteiger partial charge in [-0.2, -0.15) is 0 Å². The summed E-state index contributed by atoms with van der Waals surface area (Å²) in [5.41, 5.74) is 6.29. The summed E-state index contributed by atoms with van der Waals surface area (Å²) in [6, 6.07) is 9.51. The van der Waals surface area contributed by atoms with Crippen molar-refractivity contribution in [3.8, 4) is 11.5 Å². The van der Waals surface area contributed by atoms with E-state index in [2.05, 4.69) is 30.6 Å². The van der Waals surface area contributed by atoms with E-state index >= 15 is 0 Å². The number of hydrogen-bond donors (Lipinski definition) is 0. The first-order valence-electron chi connectivity index (χ1n) is 10.7. The minimum absolute atomic E-state index is 0.140. The molecule has 2 aromatic rings. The SMILES string of the molecule is CCCCc1cc(F)ccc1C[N+]1=C(CCC)c2cc(OC)c(OC)cc2CC1. The van der Waals surface area contributed by atoms with Crippen molar-refractivity contribution in [2.75, 3.05) is 20.8 Å². The summed E-state index contributed by atoms with van der Waals surface area (Å²) < 4.78 is 27.4. The summed E-state index contributed by atoms with van der Waals surface area (Å²) >= 11 is 0. The zero-order valence-corrected chi connectivity index (χ0v) is 18.2. The molecule has 29 heavy (non-hydrogen) atoms. The molecule has 0 atom stereocenters. The molecule has 0 unspecified atom stereocenters. The Morgan fingerprint density at radius 1 is 0.931 bits per heavy atom. The standard InChI is InChI=1S/C25H33FNO2/c1-5-7-9-18-14-21(26)11-10-20(18)17-27-13-12-19-15-24(28-3)25(29-4)16-22(19)23(27)8-6-2/h10-11,14-16H,5-9,12-13,17H2,1-4H3/q+1. The van der Waals surface area contributed by atoms with Crippen molar-refractivity contribution in [1.29, 1.82) is 0 Å². The molecule has 0 fully saturated rings. The van der Waals surface area contributed by atoms with Crippen molar-refractivity contribution in [2.24, 2.45) is 0 Å². The van der Waals surface area contributed by atoms with E-state index in [0.717, 1.165) is 68.7 Å². The van der Waals surface area contributed by atoms with Gasteiger partial charge in [-0.3, -0.25) is 0 Å². The molecule has 3 nitrogen and oxygen atoms in total. The fraction of sp³-hybridized carbons (Fsp3) is 0.480. The maximum atomic E-state index is 13.9. The third-order valence-corrected chi connectivity index (χ3v) is 5.77. The molecule has 1 aliphatic rings. The monoisotopic (exact) mass is 398 g/mol. The van der Waals surface area contributed by atoms with Crippen molar-refractivity contribution in [3.05, 3.63) is 58.4 Å². The molecule has 2 aromatic carbocycles. The van der Waals surface area contributed by atoms with Gasteiger partial charge in [0.15, 0.2) is 23.8 Å². The lowest BCUT2D eigenvalue weighted by Crippen LogP contribution is -2.30. The highest BCUT2D eigenvalue weighted by atomic mass is 19.1. The fourth-order valence-corrected chi connectivity index (χ4v) is 4.22. The largest absolute Gasteiger partial charge is 0.493 e. The number of hydrogen-bond acceptors (Lipinski definition) is 2. The van der Waals surface area contributed by atoms with Crippen molar-refractivity contribution < 1.29 is 18.4 Å². The summed E-state index contributed by atoms with van der Waals surface area (Å²) in [4.78, 5) is 0. The Morgan fingerprint density at radius 3 is 2.38 bits per heavy atom. The first kappa shape index (κ1) is 21.4. The minimum atomic E-state index is -0.140. The molecule has 0 radical (unpaired) electrons. The Kier molecular flexibility index (Phi) is 7.29. The number of aryl methyl sites for hydroxylation is 1. The number of ether oxygens (including phenoxy) is 2. The average molecular weight is 399 g/mol. The average Bonchev–Trinajstić information content (AvgIpc) is 2.74. The van der Waals surface area contributed by atoms with Gasteiger partial charge in [0.05, 0.1) is 14.2 Å². The van der Waals surface area contributed by atoms with E-state index in [1.807, 2.05) is 6.07 Å². The van der Waals surface area contributed by atoms with Crippen LogP contribution in [0.4, 0.5) is 4.39 Å². The molecule has 156 valence electrons. The van der Waals surface area contributed by atoms with Crippen LogP contribution < -0.4 is 9.47 Å². The highest BCUT2D eigenvalue weighted by Gasteiger charge is 2.27. The van der Waals surface area contributed by atoms with Gasteiger partial charge >= 0.3 is 0 Å². The van der Waals surface area contributed by atoms with E-state index in [1.165, 1.54) is 22.4 Å². The van der Waals surface area contributed by atoms with E-state index in [4.69, 9.17) is 9.47 Å². The van der Waals surface area contributed by atoms with Crippen LogP contribution in [0, 0.1) is 5.82 Å². The Morgan fingerprint density at radius 2 is 1.69 bits per heavy atom. The number of benzene rings is 2. The Bertz CT molecular complexity index is 889. The van der Waals surface area contributed by atoms with Crippen LogP contribution in [0.2, 0.25) is 0 Å². The van der Waals surface area contributed by atoms with Crippen LogP contribution in [0.25, 0.3) is 0 Å². The quantitative estimate of drug-likeness (QED) is 0.517. The smallest absolute Gasteiger partial charge is 0.184 e. The summed E-state index contributed by atoms with van der Waals surface area (Å²) in [6.07, 6.45) is 6.18. The second-order valence-electron chi connectivity index (χ2n) is 7.75. The summed E-state index contributed by atoms with van der Waals surface area (Å²) in [6.45, 7) is 6.17. The number of nitrogens with zero attached hydrogens (tertiary/aromatic N) is 1. The Balaban J connectivity index is 2.02. The van der Waals surface area contributed by atoms with Gasteiger partial charge in [-0.15, -0.1) is 0 Å². The molecular weight excluding hydrogens is 365 g/mol. The van der Waals surface area contributed by atoms with Gasteiger partial charge in [0.1, 0.15) is 12.4 Å². The number of fused-ring (bicyclic) bond motifs is 1.